The van der Waals surface area contributed by atoms with Gasteiger partial charge in [0.05, 0.1) is 27.7 Å². The predicted octanol–water partition coefficient (Wildman–Crippen LogP) is 5.58. The van der Waals surface area contributed by atoms with Crippen molar-refractivity contribution in [3.8, 4) is 0 Å². The molecule has 0 fully saturated rings. The number of benzene rings is 4. The van der Waals surface area contributed by atoms with E-state index >= 15 is 0 Å². The van der Waals surface area contributed by atoms with E-state index in [1.807, 2.05) is 12.1 Å². The Labute approximate surface area is 154 Å². The highest BCUT2D eigenvalue weighted by molar-refractivity contribution is 6.25. The summed E-state index contributed by atoms with van der Waals surface area (Å²) in [5.41, 5.74) is 5.94. The van der Waals surface area contributed by atoms with Crippen LogP contribution in [0.25, 0.3) is 32.9 Å². The third-order valence-electron chi connectivity index (χ3n) is 5.39. The zero-order valence-corrected chi connectivity index (χ0v) is 14.1. The zero-order chi connectivity index (χ0) is 18.1. The van der Waals surface area contributed by atoms with Crippen LogP contribution in [0.2, 0.25) is 0 Å². The van der Waals surface area contributed by atoms with Crippen LogP contribution < -0.4 is 10.6 Å². The molecule has 1 aliphatic heterocycles. The highest BCUT2D eigenvalue weighted by Gasteiger charge is 2.30. The fraction of sp³-hybridized carbons (Fsp3) is 0. The first-order valence-corrected chi connectivity index (χ1v) is 8.73. The number of nitrogens with zero attached hydrogens (tertiary/aromatic N) is 1. The Hall–Kier alpha value is -3.86. The SMILES string of the molecule is O=[N+]([O-])c1ccc2c(c1)NC1=C(N2)c2cccc3cc4ccccc4c1c23. The van der Waals surface area contributed by atoms with E-state index in [4.69, 9.17) is 0 Å². The molecule has 5 heteroatoms. The summed E-state index contributed by atoms with van der Waals surface area (Å²) in [6, 6.07) is 21.7. The van der Waals surface area contributed by atoms with E-state index in [9.17, 15) is 10.1 Å². The minimum absolute atomic E-state index is 0.0747. The largest absolute Gasteiger partial charge is 0.352 e. The molecule has 4 aromatic rings. The van der Waals surface area contributed by atoms with Crippen LogP contribution in [0.1, 0.15) is 11.1 Å². The lowest BCUT2D eigenvalue weighted by atomic mass is 9.96. The Balaban J connectivity index is 1.66. The number of nitro groups is 1. The van der Waals surface area contributed by atoms with Gasteiger partial charge in [0.2, 0.25) is 0 Å². The van der Waals surface area contributed by atoms with Crippen molar-refractivity contribution in [1.82, 2.24) is 0 Å². The van der Waals surface area contributed by atoms with Gasteiger partial charge in [-0.2, -0.15) is 0 Å². The summed E-state index contributed by atoms with van der Waals surface area (Å²) in [5.74, 6) is 0. The highest BCUT2D eigenvalue weighted by atomic mass is 16.6. The molecule has 2 N–H and O–H groups in total. The number of anilines is 2. The molecule has 0 radical (unpaired) electrons. The molecule has 6 rings (SSSR count). The summed E-state index contributed by atoms with van der Waals surface area (Å²) in [7, 11) is 0. The first-order chi connectivity index (χ1) is 13.2. The van der Waals surface area contributed by atoms with Crippen LogP contribution in [0, 0.1) is 10.1 Å². The van der Waals surface area contributed by atoms with Gasteiger partial charge >= 0.3 is 0 Å². The third kappa shape index (κ3) is 1.83. The van der Waals surface area contributed by atoms with Gasteiger partial charge in [0.1, 0.15) is 0 Å². The minimum Gasteiger partial charge on any atom is -0.352 e. The van der Waals surface area contributed by atoms with Gasteiger partial charge in [-0.25, -0.2) is 0 Å². The Morgan fingerprint density at radius 1 is 0.778 bits per heavy atom. The molecular formula is C22H13N3O2. The van der Waals surface area contributed by atoms with Gasteiger partial charge in [0, 0.05) is 28.6 Å². The summed E-state index contributed by atoms with van der Waals surface area (Å²) in [5, 5.41) is 22.9. The van der Waals surface area contributed by atoms with Crippen molar-refractivity contribution in [3.05, 3.63) is 88.0 Å². The van der Waals surface area contributed by atoms with Crippen molar-refractivity contribution in [2.24, 2.45) is 0 Å². The lowest BCUT2D eigenvalue weighted by Gasteiger charge is -2.23. The second-order valence-corrected chi connectivity index (χ2v) is 6.86. The summed E-state index contributed by atoms with van der Waals surface area (Å²) in [6.07, 6.45) is 0. The molecular weight excluding hydrogens is 338 g/mol. The number of non-ortho nitro benzene ring substituents is 1. The van der Waals surface area contributed by atoms with Crippen molar-refractivity contribution in [3.63, 3.8) is 0 Å². The maximum absolute atomic E-state index is 11.2. The average Bonchev–Trinajstić information content (AvgIpc) is 3.01. The Morgan fingerprint density at radius 2 is 1.59 bits per heavy atom. The van der Waals surface area contributed by atoms with Gasteiger partial charge in [-0.1, -0.05) is 42.5 Å². The maximum atomic E-state index is 11.2. The van der Waals surface area contributed by atoms with Gasteiger partial charge in [0.25, 0.3) is 5.69 Å². The van der Waals surface area contributed by atoms with Gasteiger partial charge in [-0.3, -0.25) is 10.1 Å². The first-order valence-electron chi connectivity index (χ1n) is 8.73. The molecule has 0 saturated heterocycles. The Morgan fingerprint density at radius 3 is 2.48 bits per heavy atom. The van der Waals surface area contributed by atoms with Gasteiger partial charge in [-0.15, -0.1) is 0 Å². The number of nitro benzene ring substituents is 1. The van der Waals surface area contributed by atoms with E-state index in [2.05, 4.69) is 47.0 Å². The van der Waals surface area contributed by atoms with E-state index < -0.39 is 0 Å². The number of hydrogen-bond donors (Lipinski definition) is 2. The molecule has 1 aliphatic carbocycles. The number of nitrogens with one attached hydrogen (secondary N) is 2. The average molecular weight is 351 g/mol. The second-order valence-electron chi connectivity index (χ2n) is 6.86. The van der Waals surface area contributed by atoms with Crippen LogP contribution in [0.15, 0.2) is 66.7 Å². The van der Waals surface area contributed by atoms with Crippen molar-refractivity contribution >= 4 is 50.0 Å². The number of hydrogen-bond acceptors (Lipinski definition) is 4. The Bertz CT molecular complexity index is 1350. The molecule has 2 aliphatic rings. The van der Waals surface area contributed by atoms with Crippen LogP contribution in [0.5, 0.6) is 0 Å². The fourth-order valence-corrected chi connectivity index (χ4v) is 4.23. The summed E-state index contributed by atoms with van der Waals surface area (Å²) in [4.78, 5) is 10.8. The normalized spacial score (nSPS) is 13.9. The maximum Gasteiger partial charge on any atom is 0.271 e. The second kappa shape index (κ2) is 4.86. The molecule has 0 amide bonds. The monoisotopic (exact) mass is 351 g/mol. The molecule has 1 heterocycles. The highest BCUT2D eigenvalue weighted by Crippen LogP contribution is 2.49. The molecule has 0 aromatic heterocycles. The molecule has 27 heavy (non-hydrogen) atoms. The lowest BCUT2D eigenvalue weighted by molar-refractivity contribution is -0.384. The summed E-state index contributed by atoms with van der Waals surface area (Å²) < 4.78 is 0. The minimum atomic E-state index is -0.370. The molecule has 128 valence electrons. The molecule has 0 bridgehead atoms. The van der Waals surface area contributed by atoms with Crippen LogP contribution in [-0.2, 0) is 0 Å². The number of rotatable bonds is 1. The standard InChI is InChI=1S/C22H13N3O2/c26-25(27)14-8-9-17-18(11-14)24-22-20-15-6-2-1-4-12(15)10-13-5-3-7-16(19(13)20)21(22)23-17/h1-11,23-24H. The van der Waals surface area contributed by atoms with Crippen molar-refractivity contribution < 1.29 is 4.92 Å². The molecule has 0 spiro atoms. The lowest BCUT2D eigenvalue weighted by Crippen LogP contribution is -2.12. The third-order valence-corrected chi connectivity index (χ3v) is 5.39. The quantitative estimate of drug-likeness (QED) is 0.267. The smallest absolute Gasteiger partial charge is 0.271 e. The van der Waals surface area contributed by atoms with Crippen LogP contribution in [0.3, 0.4) is 0 Å². The van der Waals surface area contributed by atoms with E-state index in [-0.39, 0.29) is 10.6 Å². The molecule has 0 atom stereocenters. The van der Waals surface area contributed by atoms with Crippen molar-refractivity contribution in [2.75, 3.05) is 10.6 Å². The topological polar surface area (TPSA) is 67.2 Å². The molecule has 4 aromatic carbocycles. The van der Waals surface area contributed by atoms with Crippen LogP contribution >= 0.6 is 0 Å². The van der Waals surface area contributed by atoms with E-state index in [1.165, 1.54) is 27.6 Å². The summed E-state index contributed by atoms with van der Waals surface area (Å²) in [6.45, 7) is 0. The van der Waals surface area contributed by atoms with Crippen LogP contribution in [0.4, 0.5) is 17.1 Å². The molecule has 0 saturated carbocycles. The van der Waals surface area contributed by atoms with Crippen molar-refractivity contribution in [1.29, 1.82) is 0 Å². The first kappa shape index (κ1) is 14.3. The predicted molar refractivity (Wildman–Crippen MR) is 109 cm³/mol. The van der Waals surface area contributed by atoms with Crippen LogP contribution in [-0.4, -0.2) is 4.92 Å². The molecule has 5 nitrogen and oxygen atoms in total. The fourth-order valence-electron chi connectivity index (χ4n) is 4.23. The number of fused-ring (bicyclic) bond motifs is 5. The van der Waals surface area contributed by atoms with Crippen molar-refractivity contribution in [2.45, 2.75) is 0 Å². The van der Waals surface area contributed by atoms with Gasteiger partial charge in [0.15, 0.2) is 0 Å². The van der Waals surface area contributed by atoms with E-state index in [0.717, 1.165) is 33.9 Å². The molecule has 0 unspecified atom stereocenters. The van der Waals surface area contributed by atoms with Gasteiger partial charge < -0.3 is 10.6 Å². The summed E-state index contributed by atoms with van der Waals surface area (Å²) >= 11 is 0. The van der Waals surface area contributed by atoms with E-state index in [1.54, 1.807) is 12.1 Å². The van der Waals surface area contributed by atoms with E-state index in [0.29, 0.717) is 0 Å². The Kier molecular flexibility index (Phi) is 2.58. The zero-order valence-electron chi connectivity index (χ0n) is 14.1. The van der Waals surface area contributed by atoms with Gasteiger partial charge in [-0.05, 0) is 28.3 Å².